The predicted octanol–water partition coefficient (Wildman–Crippen LogP) is 3.23. The highest BCUT2D eigenvalue weighted by Crippen LogP contribution is 2.29. The summed E-state index contributed by atoms with van der Waals surface area (Å²) in [7, 11) is -0.610. The topological polar surface area (TPSA) is 93.7 Å². The van der Waals surface area contributed by atoms with Crippen molar-refractivity contribution >= 4 is 15.9 Å². The van der Waals surface area contributed by atoms with Gasteiger partial charge >= 0.3 is 0 Å². The minimum atomic E-state index is -3.73. The van der Waals surface area contributed by atoms with Crippen molar-refractivity contribution in [3.63, 3.8) is 0 Å². The molecule has 0 aliphatic heterocycles. The number of nitrogens with one attached hydrogen (secondary N) is 2. The van der Waals surface area contributed by atoms with E-state index in [4.69, 9.17) is 9.47 Å². The molecule has 0 aliphatic rings. The summed E-state index contributed by atoms with van der Waals surface area (Å²) in [6, 6.07) is 5.33. The van der Waals surface area contributed by atoms with Gasteiger partial charge in [0.05, 0.1) is 19.1 Å². The van der Waals surface area contributed by atoms with Gasteiger partial charge in [0.25, 0.3) is 0 Å². The molecule has 7 nitrogen and oxygen atoms in total. The Balaban J connectivity index is 2.02. The Hall–Kier alpha value is -2.58. The molecule has 8 heteroatoms. The SMILES string of the molecule is COc1ccc(OC)c(CNC(=O)CCNS(=O)(=O)c2c(C)c(C)c(C)c(C)c2C)c1. The van der Waals surface area contributed by atoms with Crippen LogP contribution >= 0.6 is 0 Å². The van der Waals surface area contributed by atoms with Gasteiger partial charge in [0.1, 0.15) is 11.5 Å². The largest absolute Gasteiger partial charge is 0.497 e. The molecule has 0 saturated carbocycles. The van der Waals surface area contributed by atoms with Gasteiger partial charge < -0.3 is 14.8 Å². The molecule has 2 aromatic rings. The highest BCUT2D eigenvalue weighted by Gasteiger charge is 2.23. The van der Waals surface area contributed by atoms with E-state index in [1.165, 1.54) is 0 Å². The Kier molecular flexibility index (Phi) is 8.08. The van der Waals surface area contributed by atoms with Gasteiger partial charge in [-0.1, -0.05) is 0 Å². The third kappa shape index (κ3) is 5.57. The molecule has 2 rings (SSSR count). The van der Waals surface area contributed by atoms with Gasteiger partial charge in [-0.3, -0.25) is 4.79 Å². The summed E-state index contributed by atoms with van der Waals surface area (Å²) in [6.45, 7) is 9.74. The summed E-state index contributed by atoms with van der Waals surface area (Å²) in [5.41, 5.74) is 5.28. The summed E-state index contributed by atoms with van der Waals surface area (Å²) in [5.74, 6) is 1.03. The molecule has 0 aliphatic carbocycles. The smallest absolute Gasteiger partial charge is 0.241 e. The Bertz CT molecular complexity index is 1050. The van der Waals surface area contributed by atoms with Crippen LogP contribution in [0.3, 0.4) is 0 Å². The highest BCUT2D eigenvalue weighted by atomic mass is 32.2. The number of carbonyl (C=O) groups excluding carboxylic acids is 1. The van der Waals surface area contributed by atoms with Crippen LogP contribution in [0.15, 0.2) is 23.1 Å². The molecule has 31 heavy (non-hydrogen) atoms. The highest BCUT2D eigenvalue weighted by molar-refractivity contribution is 7.89. The Morgan fingerprint density at radius 1 is 0.903 bits per heavy atom. The van der Waals surface area contributed by atoms with Gasteiger partial charge in [-0.05, 0) is 80.6 Å². The van der Waals surface area contributed by atoms with Gasteiger partial charge in [-0.25, -0.2) is 13.1 Å². The van der Waals surface area contributed by atoms with Crippen LogP contribution in [0.1, 0.15) is 39.8 Å². The van der Waals surface area contributed by atoms with Crippen molar-refractivity contribution in [3.8, 4) is 11.5 Å². The van der Waals surface area contributed by atoms with E-state index in [0.29, 0.717) is 16.4 Å². The van der Waals surface area contributed by atoms with E-state index in [-0.39, 0.29) is 25.4 Å². The molecule has 0 fully saturated rings. The van der Waals surface area contributed by atoms with Gasteiger partial charge in [-0.15, -0.1) is 0 Å². The minimum Gasteiger partial charge on any atom is -0.497 e. The summed E-state index contributed by atoms with van der Waals surface area (Å²) in [6.07, 6.45) is 0.0213. The summed E-state index contributed by atoms with van der Waals surface area (Å²) in [5, 5.41) is 2.79. The van der Waals surface area contributed by atoms with E-state index in [1.807, 2.05) is 34.6 Å². The maximum Gasteiger partial charge on any atom is 0.241 e. The van der Waals surface area contributed by atoms with Crippen LogP contribution < -0.4 is 19.5 Å². The molecule has 0 radical (unpaired) electrons. The lowest BCUT2D eigenvalue weighted by Crippen LogP contribution is -2.31. The van der Waals surface area contributed by atoms with E-state index in [2.05, 4.69) is 10.0 Å². The van der Waals surface area contributed by atoms with Crippen LogP contribution in [-0.2, 0) is 21.4 Å². The van der Waals surface area contributed by atoms with Crippen LogP contribution in [0.2, 0.25) is 0 Å². The lowest BCUT2D eigenvalue weighted by atomic mass is 9.95. The zero-order valence-electron chi connectivity index (χ0n) is 19.3. The first-order valence-electron chi connectivity index (χ1n) is 10.1. The zero-order valence-corrected chi connectivity index (χ0v) is 20.1. The van der Waals surface area contributed by atoms with E-state index in [1.54, 1.807) is 32.4 Å². The number of methoxy groups -OCH3 is 2. The molecule has 0 bridgehead atoms. The van der Waals surface area contributed by atoms with E-state index < -0.39 is 10.0 Å². The van der Waals surface area contributed by atoms with Crippen LogP contribution in [0, 0.1) is 34.6 Å². The first-order chi connectivity index (χ1) is 14.5. The molecule has 170 valence electrons. The lowest BCUT2D eigenvalue weighted by molar-refractivity contribution is -0.121. The van der Waals surface area contributed by atoms with Crippen LogP contribution in [-0.4, -0.2) is 35.1 Å². The first kappa shape index (κ1) is 24.7. The fraction of sp³-hybridized carbons (Fsp3) is 0.435. The molecule has 0 saturated heterocycles. The maximum atomic E-state index is 12.9. The number of hydrogen-bond acceptors (Lipinski definition) is 5. The molecule has 2 N–H and O–H groups in total. The van der Waals surface area contributed by atoms with E-state index in [9.17, 15) is 13.2 Å². The van der Waals surface area contributed by atoms with Gasteiger partial charge in [0.15, 0.2) is 0 Å². The number of benzene rings is 2. The average molecular weight is 449 g/mol. The number of rotatable bonds is 9. The van der Waals surface area contributed by atoms with Crippen molar-refractivity contribution in [2.75, 3.05) is 20.8 Å². The number of amides is 1. The molecule has 1 amide bonds. The van der Waals surface area contributed by atoms with Gasteiger partial charge in [0, 0.05) is 25.1 Å². The maximum absolute atomic E-state index is 12.9. The molecule has 0 heterocycles. The third-order valence-corrected chi connectivity index (χ3v) is 7.54. The Morgan fingerprint density at radius 3 is 2.03 bits per heavy atom. The fourth-order valence-corrected chi connectivity index (χ4v) is 5.17. The second kappa shape index (κ2) is 10.2. The summed E-state index contributed by atoms with van der Waals surface area (Å²) < 4.78 is 38.9. The molecule has 2 aromatic carbocycles. The van der Waals surface area contributed by atoms with E-state index >= 15 is 0 Å². The number of sulfonamides is 1. The molecule has 0 spiro atoms. The second-order valence-electron chi connectivity index (χ2n) is 7.56. The van der Waals surface area contributed by atoms with Crippen molar-refractivity contribution in [1.29, 1.82) is 0 Å². The lowest BCUT2D eigenvalue weighted by Gasteiger charge is -2.19. The van der Waals surface area contributed by atoms with Crippen LogP contribution in [0.4, 0.5) is 0 Å². The molecule has 0 unspecified atom stereocenters. The van der Waals surface area contributed by atoms with Crippen molar-refractivity contribution in [2.24, 2.45) is 0 Å². The average Bonchev–Trinajstić information content (AvgIpc) is 2.74. The quantitative estimate of drug-likeness (QED) is 0.614. The van der Waals surface area contributed by atoms with Gasteiger partial charge in [0.2, 0.25) is 15.9 Å². The number of carbonyl (C=O) groups is 1. The fourth-order valence-electron chi connectivity index (χ4n) is 3.54. The van der Waals surface area contributed by atoms with Crippen molar-refractivity contribution in [2.45, 2.75) is 52.5 Å². The molecular formula is C23H32N2O5S. The minimum absolute atomic E-state index is 0.00820. The number of hydrogen-bond donors (Lipinski definition) is 2. The summed E-state index contributed by atoms with van der Waals surface area (Å²) in [4.78, 5) is 12.6. The molecular weight excluding hydrogens is 416 g/mol. The van der Waals surface area contributed by atoms with Crippen molar-refractivity contribution in [3.05, 3.63) is 51.6 Å². The van der Waals surface area contributed by atoms with Crippen LogP contribution in [0.5, 0.6) is 11.5 Å². The Labute approximate surface area is 185 Å². The van der Waals surface area contributed by atoms with Crippen molar-refractivity contribution in [1.82, 2.24) is 10.0 Å². The standard InChI is InChI=1S/C23H32N2O5S/c1-14-15(2)17(4)23(18(5)16(14)3)31(27,28)25-11-10-22(26)24-13-19-12-20(29-6)8-9-21(19)30-7/h8-9,12,25H,10-11,13H2,1-7H3,(H,24,26). The first-order valence-corrected chi connectivity index (χ1v) is 11.6. The van der Waals surface area contributed by atoms with E-state index in [0.717, 1.165) is 33.4 Å². The van der Waals surface area contributed by atoms with Crippen LogP contribution in [0.25, 0.3) is 0 Å². The molecule has 0 aromatic heterocycles. The number of ether oxygens (including phenoxy) is 2. The predicted molar refractivity (Wildman–Crippen MR) is 121 cm³/mol. The Morgan fingerprint density at radius 2 is 1.48 bits per heavy atom. The monoisotopic (exact) mass is 448 g/mol. The zero-order chi connectivity index (χ0) is 23.3. The van der Waals surface area contributed by atoms with Crippen molar-refractivity contribution < 1.29 is 22.7 Å². The normalized spacial score (nSPS) is 11.3. The molecule has 0 atom stereocenters. The second-order valence-corrected chi connectivity index (χ2v) is 9.26. The third-order valence-electron chi connectivity index (χ3n) is 5.81. The van der Waals surface area contributed by atoms with Gasteiger partial charge in [-0.2, -0.15) is 0 Å². The summed E-state index contributed by atoms with van der Waals surface area (Å²) >= 11 is 0.